The Morgan fingerprint density at radius 1 is 1.17 bits per heavy atom. The minimum atomic E-state index is -0.833. The van der Waals surface area contributed by atoms with Crippen LogP contribution in [0.3, 0.4) is 0 Å². The molecule has 1 aliphatic heterocycles. The molecule has 2 aromatic rings. The van der Waals surface area contributed by atoms with Crippen LogP contribution in [0.4, 0.5) is 5.82 Å². The molecular formula is C20H21ClN4O4. The van der Waals surface area contributed by atoms with E-state index in [0.717, 1.165) is 4.90 Å². The molecule has 0 spiro atoms. The summed E-state index contributed by atoms with van der Waals surface area (Å²) in [4.78, 5) is 39.2. The Labute approximate surface area is 173 Å². The van der Waals surface area contributed by atoms with Crippen LogP contribution in [0.25, 0.3) is 0 Å². The standard InChI is InChI=1S/C20H21ClN4O4/c1-20(2,3)19(28)22-15-9-13(16(21)24-23-15)14(10-29-4)25-17(26)11-7-5-6-8-12(11)18(25)27/h5-9,14H,10H2,1-4H3,(H,22,23,28). The number of nitrogens with one attached hydrogen (secondary N) is 1. The van der Waals surface area contributed by atoms with Crippen LogP contribution in [0.2, 0.25) is 5.15 Å². The van der Waals surface area contributed by atoms with Gasteiger partial charge in [0.1, 0.15) is 0 Å². The average molecular weight is 417 g/mol. The smallest absolute Gasteiger partial charge is 0.262 e. The Morgan fingerprint density at radius 3 is 2.28 bits per heavy atom. The fraction of sp³-hybridized carbons (Fsp3) is 0.350. The van der Waals surface area contributed by atoms with Crippen molar-refractivity contribution in [2.75, 3.05) is 19.0 Å². The van der Waals surface area contributed by atoms with Crippen LogP contribution in [0, 0.1) is 5.41 Å². The lowest BCUT2D eigenvalue weighted by molar-refractivity contribution is -0.123. The summed E-state index contributed by atoms with van der Waals surface area (Å²) in [5, 5.41) is 10.5. The highest BCUT2D eigenvalue weighted by Crippen LogP contribution is 2.34. The number of anilines is 1. The van der Waals surface area contributed by atoms with Crippen LogP contribution in [-0.4, -0.2) is 46.5 Å². The molecule has 3 rings (SSSR count). The molecule has 2 heterocycles. The predicted octanol–water partition coefficient (Wildman–Crippen LogP) is 3.10. The first-order valence-corrected chi connectivity index (χ1v) is 9.33. The Morgan fingerprint density at radius 2 is 1.76 bits per heavy atom. The van der Waals surface area contributed by atoms with Gasteiger partial charge < -0.3 is 10.1 Å². The monoisotopic (exact) mass is 416 g/mol. The molecule has 0 bridgehead atoms. The van der Waals surface area contributed by atoms with E-state index in [0.29, 0.717) is 16.7 Å². The topological polar surface area (TPSA) is 101 Å². The van der Waals surface area contributed by atoms with Gasteiger partial charge in [0.15, 0.2) is 11.0 Å². The fourth-order valence-electron chi connectivity index (χ4n) is 2.94. The maximum Gasteiger partial charge on any atom is 0.262 e. The molecule has 29 heavy (non-hydrogen) atoms. The number of ether oxygens (including phenoxy) is 1. The van der Waals surface area contributed by atoms with Gasteiger partial charge in [-0.25, -0.2) is 0 Å². The summed E-state index contributed by atoms with van der Waals surface area (Å²) < 4.78 is 5.26. The summed E-state index contributed by atoms with van der Waals surface area (Å²) in [6.07, 6.45) is 0. The van der Waals surface area contributed by atoms with E-state index in [1.165, 1.54) is 13.2 Å². The number of amides is 3. The zero-order valence-corrected chi connectivity index (χ0v) is 17.3. The van der Waals surface area contributed by atoms with Crippen LogP contribution in [-0.2, 0) is 9.53 Å². The highest BCUT2D eigenvalue weighted by molar-refractivity contribution is 6.30. The molecule has 152 valence electrons. The maximum absolute atomic E-state index is 12.9. The lowest BCUT2D eigenvalue weighted by Crippen LogP contribution is -2.37. The number of nitrogens with zero attached hydrogens (tertiary/aromatic N) is 3. The first kappa shape index (κ1) is 20.9. The molecule has 8 nitrogen and oxygen atoms in total. The highest BCUT2D eigenvalue weighted by Gasteiger charge is 2.41. The Kier molecular flexibility index (Phi) is 5.68. The second kappa shape index (κ2) is 7.88. The number of carbonyl (C=O) groups excluding carboxylic acids is 3. The quantitative estimate of drug-likeness (QED) is 0.751. The first-order valence-electron chi connectivity index (χ1n) is 8.95. The van der Waals surface area contributed by atoms with Gasteiger partial charge in [-0.2, -0.15) is 0 Å². The number of halogens is 1. The van der Waals surface area contributed by atoms with E-state index >= 15 is 0 Å². The van der Waals surface area contributed by atoms with Crippen LogP contribution in [0.5, 0.6) is 0 Å². The molecule has 9 heteroatoms. The number of rotatable bonds is 5. The Balaban J connectivity index is 2.00. The molecule has 0 aliphatic carbocycles. The van der Waals surface area contributed by atoms with Crippen LogP contribution < -0.4 is 5.32 Å². The molecule has 0 saturated heterocycles. The van der Waals surface area contributed by atoms with E-state index in [9.17, 15) is 14.4 Å². The van der Waals surface area contributed by atoms with E-state index in [2.05, 4.69) is 15.5 Å². The van der Waals surface area contributed by atoms with Crippen molar-refractivity contribution in [3.63, 3.8) is 0 Å². The molecule has 0 radical (unpaired) electrons. The molecule has 1 unspecified atom stereocenters. The van der Waals surface area contributed by atoms with Crippen molar-refractivity contribution in [1.29, 1.82) is 0 Å². The van der Waals surface area contributed by atoms with Gasteiger partial charge in [0.05, 0.1) is 23.8 Å². The fourth-order valence-corrected chi connectivity index (χ4v) is 3.16. The van der Waals surface area contributed by atoms with Gasteiger partial charge in [0.2, 0.25) is 5.91 Å². The molecule has 3 amide bonds. The molecule has 0 saturated carbocycles. The normalized spacial score (nSPS) is 14.7. The van der Waals surface area contributed by atoms with E-state index in [1.807, 2.05) is 0 Å². The molecule has 1 N–H and O–H groups in total. The zero-order valence-electron chi connectivity index (χ0n) is 16.5. The van der Waals surface area contributed by atoms with Gasteiger partial charge in [-0.1, -0.05) is 44.5 Å². The molecule has 1 aromatic carbocycles. The number of aromatic nitrogens is 2. The van der Waals surface area contributed by atoms with Crippen LogP contribution in [0.15, 0.2) is 30.3 Å². The van der Waals surface area contributed by atoms with Crippen molar-refractivity contribution < 1.29 is 19.1 Å². The van der Waals surface area contributed by atoms with E-state index < -0.39 is 23.3 Å². The summed E-state index contributed by atoms with van der Waals surface area (Å²) in [6, 6.07) is 7.26. The third-order valence-electron chi connectivity index (χ3n) is 4.52. The Bertz CT molecular complexity index is 952. The number of carbonyl (C=O) groups is 3. The van der Waals surface area contributed by atoms with E-state index in [-0.39, 0.29) is 23.5 Å². The third kappa shape index (κ3) is 3.99. The number of methoxy groups -OCH3 is 1. The van der Waals surface area contributed by atoms with Gasteiger partial charge in [-0.3, -0.25) is 19.3 Å². The lowest BCUT2D eigenvalue weighted by Gasteiger charge is -2.26. The summed E-state index contributed by atoms with van der Waals surface area (Å²) in [5.41, 5.74) is 0.342. The SMILES string of the molecule is COCC(c1cc(NC(=O)C(C)(C)C)nnc1Cl)N1C(=O)c2ccccc2C1=O. The summed E-state index contributed by atoms with van der Waals surface area (Å²) in [5.74, 6) is -0.979. The predicted molar refractivity (Wildman–Crippen MR) is 107 cm³/mol. The van der Waals surface area contributed by atoms with Gasteiger partial charge in [-0.05, 0) is 18.2 Å². The van der Waals surface area contributed by atoms with Gasteiger partial charge in [0.25, 0.3) is 11.8 Å². The number of fused-ring (bicyclic) bond motifs is 1. The molecule has 1 aliphatic rings. The molecule has 1 atom stereocenters. The summed E-state index contributed by atoms with van der Waals surface area (Å²) >= 11 is 6.25. The van der Waals surface area contributed by atoms with Crippen molar-refractivity contribution in [2.45, 2.75) is 26.8 Å². The number of hydrogen-bond acceptors (Lipinski definition) is 6. The van der Waals surface area contributed by atoms with Crippen LogP contribution in [0.1, 0.15) is 53.1 Å². The number of imide groups is 1. The second-order valence-corrected chi connectivity index (χ2v) is 8.03. The minimum absolute atomic E-state index is 0.00351. The zero-order chi connectivity index (χ0) is 21.3. The number of hydrogen-bond donors (Lipinski definition) is 1. The van der Waals surface area contributed by atoms with Gasteiger partial charge in [0, 0.05) is 18.1 Å². The van der Waals surface area contributed by atoms with Crippen molar-refractivity contribution in [2.24, 2.45) is 5.41 Å². The molecule has 0 fully saturated rings. The molecular weight excluding hydrogens is 396 g/mol. The van der Waals surface area contributed by atoms with Gasteiger partial charge >= 0.3 is 0 Å². The van der Waals surface area contributed by atoms with Crippen molar-refractivity contribution in [3.8, 4) is 0 Å². The lowest BCUT2D eigenvalue weighted by atomic mass is 9.96. The van der Waals surface area contributed by atoms with Crippen molar-refractivity contribution >= 4 is 35.1 Å². The van der Waals surface area contributed by atoms with E-state index in [1.54, 1.807) is 45.0 Å². The van der Waals surface area contributed by atoms with Crippen molar-refractivity contribution in [1.82, 2.24) is 15.1 Å². The van der Waals surface area contributed by atoms with Crippen LogP contribution >= 0.6 is 11.6 Å². The molecule has 1 aromatic heterocycles. The summed E-state index contributed by atoms with van der Waals surface area (Å²) in [6.45, 7) is 5.29. The Hall–Kier alpha value is -2.84. The second-order valence-electron chi connectivity index (χ2n) is 7.68. The number of benzene rings is 1. The third-order valence-corrected chi connectivity index (χ3v) is 4.81. The average Bonchev–Trinajstić information content (AvgIpc) is 2.92. The van der Waals surface area contributed by atoms with E-state index in [4.69, 9.17) is 16.3 Å². The van der Waals surface area contributed by atoms with Gasteiger partial charge in [-0.15, -0.1) is 10.2 Å². The minimum Gasteiger partial charge on any atom is -0.382 e. The highest BCUT2D eigenvalue weighted by atomic mass is 35.5. The maximum atomic E-state index is 12.9. The first-order chi connectivity index (χ1) is 13.6. The largest absolute Gasteiger partial charge is 0.382 e. The van der Waals surface area contributed by atoms with Crippen molar-refractivity contribution in [3.05, 3.63) is 52.2 Å². The summed E-state index contributed by atoms with van der Waals surface area (Å²) in [7, 11) is 1.45.